The number of halogens is 1. The molecule has 1 N–H and O–H groups in total. The third-order valence-corrected chi connectivity index (χ3v) is 3.94. The highest BCUT2D eigenvalue weighted by Crippen LogP contribution is 2.36. The van der Waals surface area contributed by atoms with Crippen molar-refractivity contribution in [1.29, 1.82) is 0 Å². The van der Waals surface area contributed by atoms with E-state index in [1.165, 1.54) is 11.1 Å². The van der Waals surface area contributed by atoms with Crippen LogP contribution in [0.5, 0.6) is 11.5 Å². The third-order valence-electron chi connectivity index (χ3n) is 3.66. The summed E-state index contributed by atoms with van der Waals surface area (Å²) in [5.41, 5.74) is 4.71. The molecule has 0 spiro atoms. The Morgan fingerprint density at radius 3 is 2.35 bits per heavy atom. The second kappa shape index (κ2) is 8.11. The van der Waals surface area contributed by atoms with Crippen LogP contribution in [0.1, 0.15) is 30.5 Å². The van der Waals surface area contributed by atoms with Gasteiger partial charge in [-0.3, -0.25) is 0 Å². The van der Waals surface area contributed by atoms with Crippen molar-refractivity contribution in [2.45, 2.75) is 34.2 Å². The van der Waals surface area contributed by atoms with E-state index in [1.54, 1.807) is 0 Å². The Morgan fingerprint density at radius 2 is 1.70 bits per heavy atom. The van der Waals surface area contributed by atoms with Crippen molar-refractivity contribution in [3.63, 3.8) is 0 Å². The van der Waals surface area contributed by atoms with E-state index >= 15 is 0 Å². The minimum atomic E-state index is 0.556. The van der Waals surface area contributed by atoms with Crippen molar-refractivity contribution in [3.05, 3.63) is 52.0 Å². The van der Waals surface area contributed by atoms with Crippen LogP contribution < -0.4 is 14.8 Å². The van der Waals surface area contributed by atoms with Crippen molar-refractivity contribution >= 4 is 17.3 Å². The molecule has 23 heavy (non-hydrogen) atoms. The fraction of sp³-hybridized carbons (Fsp3) is 0.368. The molecule has 0 aromatic heterocycles. The molecule has 2 aromatic rings. The summed E-state index contributed by atoms with van der Waals surface area (Å²) < 4.78 is 11.3. The molecule has 2 rings (SSSR count). The average Bonchev–Trinajstić information content (AvgIpc) is 2.52. The standard InChI is InChI=1S/C19H24ClNO2/c1-5-22-18-11-15(10-17(20)19(18)23-6-2)12-21-16-8-7-13(3)14(4)9-16/h7-11,21H,5-6,12H2,1-4H3. The number of hydrogen-bond acceptors (Lipinski definition) is 3. The Labute approximate surface area is 143 Å². The summed E-state index contributed by atoms with van der Waals surface area (Å²) in [6.45, 7) is 9.91. The zero-order chi connectivity index (χ0) is 16.8. The Kier molecular flexibility index (Phi) is 6.17. The maximum absolute atomic E-state index is 6.34. The highest BCUT2D eigenvalue weighted by molar-refractivity contribution is 6.32. The van der Waals surface area contributed by atoms with Gasteiger partial charge >= 0.3 is 0 Å². The summed E-state index contributed by atoms with van der Waals surface area (Å²) in [6, 6.07) is 10.3. The Balaban J connectivity index is 2.17. The van der Waals surface area contributed by atoms with Gasteiger partial charge in [0, 0.05) is 12.2 Å². The molecule has 2 aromatic carbocycles. The maximum Gasteiger partial charge on any atom is 0.179 e. The molecular formula is C19H24ClNO2. The predicted octanol–water partition coefficient (Wildman–Crippen LogP) is 5.37. The zero-order valence-corrected chi connectivity index (χ0v) is 15.0. The van der Waals surface area contributed by atoms with Crippen LogP contribution in [0.2, 0.25) is 5.02 Å². The molecule has 0 aliphatic rings. The zero-order valence-electron chi connectivity index (χ0n) is 14.2. The van der Waals surface area contributed by atoms with Gasteiger partial charge < -0.3 is 14.8 Å². The molecule has 3 nitrogen and oxygen atoms in total. The van der Waals surface area contributed by atoms with Crippen LogP contribution in [0.25, 0.3) is 0 Å². The lowest BCUT2D eigenvalue weighted by Gasteiger charge is -2.15. The second-order valence-corrected chi connectivity index (χ2v) is 5.83. The van der Waals surface area contributed by atoms with Crippen LogP contribution in [0, 0.1) is 13.8 Å². The van der Waals surface area contributed by atoms with E-state index < -0.39 is 0 Å². The molecule has 0 saturated carbocycles. The van der Waals surface area contributed by atoms with Gasteiger partial charge in [0.1, 0.15) is 0 Å². The van der Waals surface area contributed by atoms with Gasteiger partial charge in [-0.25, -0.2) is 0 Å². The molecule has 0 radical (unpaired) electrons. The normalized spacial score (nSPS) is 10.5. The smallest absolute Gasteiger partial charge is 0.179 e. The molecule has 0 atom stereocenters. The largest absolute Gasteiger partial charge is 0.490 e. The van der Waals surface area contributed by atoms with E-state index in [2.05, 4.69) is 37.4 Å². The molecule has 0 saturated heterocycles. The van der Waals surface area contributed by atoms with Gasteiger partial charge in [0.05, 0.1) is 18.2 Å². The lowest BCUT2D eigenvalue weighted by atomic mass is 10.1. The first kappa shape index (κ1) is 17.5. The van der Waals surface area contributed by atoms with Crippen LogP contribution >= 0.6 is 11.6 Å². The van der Waals surface area contributed by atoms with Gasteiger partial charge in [0.15, 0.2) is 11.5 Å². The molecule has 0 amide bonds. The number of benzene rings is 2. The summed E-state index contributed by atoms with van der Waals surface area (Å²) in [5.74, 6) is 1.31. The van der Waals surface area contributed by atoms with Gasteiger partial charge in [0.2, 0.25) is 0 Å². The number of anilines is 1. The summed E-state index contributed by atoms with van der Waals surface area (Å²) in [6.07, 6.45) is 0. The van der Waals surface area contributed by atoms with E-state index in [9.17, 15) is 0 Å². The van der Waals surface area contributed by atoms with Crippen LogP contribution in [-0.2, 0) is 6.54 Å². The van der Waals surface area contributed by atoms with Gasteiger partial charge in [-0.2, -0.15) is 0 Å². The minimum absolute atomic E-state index is 0.556. The van der Waals surface area contributed by atoms with Crippen LogP contribution in [0.4, 0.5) is 5.69 Å². The summed E-state index contributed by atoms with van der Waals surface area (Å²) >= 11 is 6.34. The maximum atomic E-state index is 6.34. The van der Waals surface area contributed by atoms with Crippen molar-refractivity contribution in [2.24, 2.45) is 0 Å². The SMILES string of the molecule is CCOc1cc(CNc2ccc(C)c(C)c2)cc(Cl)c1OCC. The van der Waals surface area contributed by atoms with E-state index in [0.29, 0.717) is 36.3 Å². The lowest BCUT2D eigenvalue weighted by molar-refractivity contribution is 0.287. The number of ether oxygens (including phenoxy) is 2. The van der Waals surface area contributed by atoms with Crippen molar-refractivity contribution in [3.8, 4) is 11.5 Å². The predicted molar refractivity (Wildman–Crippen MR) is 97.0 cm³/mol. The molecule has 0 heterocycles. The first-order valence-electron chi connectivity index (χ1n) is 7.94. The van der Waals surface area contributed by atoms with E-state index in [4.69, 9.17) is 21.1 Å². The molecular weight excluding hydrogens is 310 g/mol. The number of aryl methyl sites for hydroxylation is 2. The highest BCUT2D eigenvalue weighted by atomic mass is 35.5. The molecule has 124 valence electrons. The van der Waals surface area contributed by atoms with Gasteiger partial charge in [-0.1, -0.05) is 17.7 Å². The Morgan fingerprint density at radius 1 is 0.957 bits per heavy atom. The molecule has 0 aliphatic heterocycles. The first-order chi connectivity index (χ1) is 11.0. The van der Waals surface area contributed by atoms with Crippen molar-refractivity contribution < 1.29 is 9.47 Å². The van der Waals surface area contributed by atoms with Crippen LogP contribution in [-0.4, -0.2) is 13.2 Å². The summed E-state index contributed by atoms with van der Waals surface area (Å²) in [4.78, 5) is 0. The van der Waals surface area contributed by atoms with Gasteiger partial charge in [-0.15, -0.1) is 0 Å². The van der Waals surface area contributed by atoms with Gasteiger partial charge in [0.25, 0.3) is 0 Å². The fourth-order valence-electron chi connectivity index (χ4n) is 2.33. The first-order valence-corrected chi connectivity index (χ1v) is 8.32. The van der Waals surface area contributed by atoms with Crippen LogP contribution in [0.3, 0.4) is 0 Å². The Bertz CT molecular complexity index is 671. The molecule has 0 bridgehead atoms. The Hall–Kier alpha value is -1.87. The molecule has 0 aliphatic carbocycles. The third kappa shape index (κ3) is 4.55. The quantitative estimate of drug-likeness (QED) is 0.739. The number of rotatable bonds is 7. The molecule has 0 fully saturated rings. The minimum Gasteiger partial charge on any atom is -0.490 e. The highest BCUT2D eigenvalue weighted by Gasteiger charge is 2.12. The monoisotopic (exact) mass is 333 g/mol. The molecule has 4 heteroatoms. The molecule has 0 unspecified atom stereocenters. The van der Waals surface area contributed by atoms with Crippen molar-refractivity contribution in [2.75, 3.05) is 18.5 Å². The van der Waals surface area contributed by atoms with E-state index in [0.717, 1.165) is 11.3 Å². The van der Waals surface area contributed by atoms with Gasteiger partial charge in [-0.05, 0) is 68.7 Å². The van der Waals surface area contributed by atoms with E-state index in [1.807, 2.05) is 26.0 Å². The fourth-order valence-corrected chi connectivity index (χ4v) is 2.61. The average molecular weight is 334 g/mol. The number of hydrogen-bond donors (Lipinski definition) is 1. The van der Waals surface area contributed by atoms with E-state index in [-0.39, 0.29) is 0 Å². The summed E-state index contributed by atoms with van der Waals surface area (Å²) in [7, 11) is 0. The summed E-state index contributed by atoms with van der Waals surface area (Å²) in [5, 5.41) is 4.00. The topological polar surface area (TPSA) is 30.5 Å². The number of nitrogens with one attached hydrogen (secondary N) is 1. The van der Waals surface area contributed by atoms with Crippen molar-refractivity contribution in [1.82, 2.24) is 0 Å². The second-order valence-electron chi connectivity index (χ2n) is 5.42. The van der Waals surface area contributed by atoms with Crippen LogP contribution in [0.15, 0.2) is 30.3 Å². The lowest BCUT2D eigenvalue weighted by Crippen LogP contribution is -2.03.